The molecule has 0 bridgehead atoms. The Morgan fingerprint density at radius 2 is 1.79 bits per heavy atom. The fourth-order valence-corrected chi connectivity index (χ4v) is 4.88. The van der Waals surface area contributed by atoms with Gasteiger partial charge in [0.05, 0.1) is 18.5 Å². The molecule has 38 heavy (non-hydrogen) atoms. The van der Waals surface area contributed by atoms with Crippen molar-refractivity contribution in [3.05, 3.63) is 118 Å². The standard InChI is InChI=1S/C31H28ClN5O/c1-22-6-7-25(19-29(22)24-8-10-27(33-2)11-9-24)31(38)35-28-12-13-30(34-20-28)37-16-14-36(15-17-37)21-23-4-3-5-26(32)18-23/h3-13,18-20H,14-17,21H2,1H3,(H,35,38). The molecule has 2 heterocycles. The van der Waals surface area contributed by atoms with Crippen LogP contribution in [0.2, 0.25) is 5.02 Å². The summed E-state index contributed by atoms with van der Waals surface area (Å²) in [5.74, 6) is 0.721. The summed E-state index contributed by atoms with van der Waals surface area (Å²) in [5.41, 5.74) is 6.05. The highest BCUT2D eigenvalue weighted by atomic mass is 35.5. The van der Waals surface area contributed by atoms with E-state index >= 15 is 0 Å². The van der Waals surface area contributed by atoms with E-state index in [0.717, 1.165) is 60.3 Å². The minimum Gasteiger partial charge on any atom is -0.354 e. The van der Waals surface area contributed by atoms with E-state index in [2.05, 4.69) is 31.0 Å². The number of aryl methyl sites for hydroxylation is 1. The molecule has 1 amide bonds. The predicted molar refractivity (Wildman–Crippen MR) is 154 cm³/mol. The zero-order valence-electron chi connectivity index (χ0n) is 21.2. The number of benzene rings is 3. The first-order chi connectivity index (χ1) is 18.5. The Morgan fingerprint density at radius 1 is 1.00 bits per heavy atom. The molecule has 1 aliphatic heterocycles. The Balaban J connectivity index is 1.19. The molecule has 1 aliphatic rings. The zero-order chi connectivity index (χ0) is 26.5. The molecule has 1 saturated heterocycles. The van der Waals surface area contributed by atoms with Crippen molar-refractivity contribution in [2.24, 2.45) is 0 Å². The van der Waals surface area contributed by atoms with Crippen molar-refractivity contribution >= 4 is 34.7 Å². The lowest BCUT2D eigenvalue weighted by molar-refractivity contribution is 0.102. The van der Waals surface area contributed by atoms with Gasteiger partial charge >= 0.3 is 0 Å². The van der Waals surface area contributed by atoms with Crippen molar-refractivity contribution in [1.29, 1.82) is 0 Å². The van der Waals surface area contributed by atoms with Gasteiger partial charge in [0.25, 0.3) is 5.91 Å². The molecule has 0 spiro atoms. The summed E-state index contributed by atoms with van der Waals surface area (Å²) >= 11 is 6.12. The molecule has 3 aromatic carbocycles. The van der Waals surface area contributed by atoms with Gasteiger partial charge in [-0.3, -0.25) is 9.69 Å². The van der Waals surface area contributed by atoms with Gasteiger partial charge < -0.3 is 10.2 Å². The predicted octanol–water partition coefficient (Wildman–Crippen LogP) is 6.84. The zero-order valence-corrected chi connectivity index (χ0v) is 21.9. The molecular weight excluding hydrogens is 494 g/mol. The van der Waals surface area contributed by atoms with E-state index in [4.69, 9.17) is 18.2 Å². The summed E-state index contributed by atoms with van der Waals surface area (Å²) in [5, 5.41) is 3.74. The average molecular weight is 522 g/mol. The van der Waals surface area contributed by atoms with E-state index in [1.54, 1.807) is 18.3 Å². The summed E-state index contributed by atoms with van der Waals surface area (Å²) in [6, 6.07) is 25.0. The minimum absolute atomic E-state index is 0.187. The third-order valence-electron chi connectivity index (χ3n) is 6.80. The molecule has 6 nitrogen and oxygen atoms in total. The lowest BCUT2D eigenvalue weighted by Gasteiger charge is -2.35. The molecular formula is C31H28ClN5O. The highest BCUT2D eigenvalue weighted by Crippen LogP contribution is 2.27. The maximum absolute atomic E-state index is 13.0. The van der Waals surface area contributed by atoms with Gasteiger partial charge in [0.15, 0.2) is 5.69 Å². The van der Waals surface area contributed by atoms with Gasteiger partial charge in [-0.25, -0.2) is 9.83 Å². The molecule has 1 aromatic heterocycles. The van der Waals surface area contributed by atoms with E-state index in [1.807, 2.05) is 67.6 Å². The van der Waals surface area contributed by atoms with Crippen molar-refractivity contribution in [1.82, 2.24) is 9.88 Å². The van der Waals surface area contributed by atoms with Crippen LogP contribution in [0.4, 0.5) is 17.2 Å². The number of amides is 1. The number of pyridine rings is 1. The van der Waals surface area contributed by atoms with Crippen molar-refractivity contribution in [2.45, 2.75) is 13.5 Å². The lowest BCUT2D eigenvalue weighted by Crippen LogP contribution is -2.46. The van der Waals surface area contributed by atoms with Crippen LogP contribution < -0.4 is 10.2 Å². The largest absolute Gasteiger partial charge is 0.354 e. The number of hydrogen-bond acceptors (Lipinski definition) is 4. The van der Waals surface area contributed by atoms with Crippen LogP contribution in [0.3, 0.4) is 0 Å². The molecule has 0 atom stereocenters. The molecule has 4 aromatic rings. The fourth-order valence-electron chi connectivity index (χ4n) is 4.67. The van der Waals surface area contributed by atoms with Gasteiger partial charge in [-0.05, 0) is 65.6 Å². The molecule has 5 rings (SSSR count). The first kappa shape index (κ1) is 25.5. The SMILES string of the molecule is [C-]#[N+]c1ccc(-c2cc(C(=O)Nc3ccc(N4CCN(Cc5cccc(Cl)c5)CC4)nc3)ccc2C)cc1. The van der Waals surface area contributed by atoms with E-state index in [-0.39, 0.29) is 5.91 Å². The summed E-state index contributed by atoms with van der Waals surface area (Å²) in [6.07, 6.45) is 1.71. The van der Waals surface area contributed by atoms with Crippen molar-refractivity contribution < 1.29 is 4.79 Å². The fraction of sp³-hybridized carbons (Fsp3) is 0.194. The van der Waals surface area contributed by atoms with E-state index in [9.17, 15) is 4.79 Å². The molecule has 1 N–H and O–H groups in total. The average Bonchev–Trinajstić information content (AvgIpc) is 2.94. The minimum atomic E-state index is -0.187. The van der Waals surface area contributed by atoms with E-state index < -0.39 is 0 Å². The number of aromatic nitrogens is 1. The van der Waals surface area contributed by atoms with Gasteiger partial charge in [0.2, 0.25) is 0 Å². The Hall–Kier alpha value is -4.18. The van der Waals surface area contributed by atoms with Crippen LogP contribution in [0.25, 0.3) is 16.0 Å². The Kier molecular flexibility index (Phi) is 7.69. The number of nitrogens with one attached hydrogen (secondary N) is 1. The van der Waals surface area contributed by atoms with Gasteiger partial charge in [0, 0.05) is 43.3 Å². The quantitative estimate of drug-likeness (QED) is 0.282. The van der Waals surface area contributed by atoms with Crippen LogP contribution in [0, 0.1) is 13.5 Å². The molecule has 0 unspecified atom stereocenters. The van der Waals surface area contributed by atoms with Crippen LogP contribution in [0.15, 0.2) is 85.1 Å². The second kappa shape index (κ2) is 11.5. The summed E-state index contributed by atoms with van der Waals surface area (Å²) < 4.78 is 0. The molecule has 1 fully saturated rings. The van der Waals surface area contributed by atoms with Crippen molar-refractivity contribution in [3.63, 3.8) is 0 Å². The Labute approximate surface area is 228 Å². The lowest BCUT2D eigenvalue weighted by atomic mass is 9.97. The summed E-state index contributed by atoms with van der Waals surface area (Å²) in [6.45, 7) is 13.7. The Bertz CT molecular complexity index is 1470. The topological polar surface area (TPSA) is 52.8 Å². The highest BCUT2D eigenvalue weighted by Gasteiger charge is 2.18. The number of hydrogen-bond donors (Lipinski definition) is 1. The second-order valence-electron chi connectivity index (χ2n) is 9.44. The van der Waals surface area contributed by atoms with Crippen LogP contribution in [-0.4, -0.2) is 42.0 Å². The maximum atomic E-state index is 13.0. The van der Waals surface area contributed by atoms with Gasteiger partial charge in [0.1, 0.15) is 5.82 Å². The summed E-state index contributed by atoms with van der Waals surface area (Å²) in [4.78, 5) is 25.8. The van der Waals surface area contributed by atoms with Crippen LogP contribution in [0.5, 0.6) is 0 Å². The van der Waals surface area contributed by atoms with Crippen LogP contribution in [0.1, 0.15) is 21.5 Å². The van der Waals surface area contributed by atoms with Gasteiger partial charge in [-0.1, -0.05) is 54.1 Å². The number of rotatable bonds is 6. The molecule has 7 heteroatoms. The monoisotopic (exact) mass is 521 g/mol. The number of carbonyl (C=O) groups is 1. The molecule has 0 aliphatic carbocycles. The van der Waals surface area contributed by atoms with Crippen molar-refractivity contribution in [3.8, 4) is 11.1 Å². The molecule has 0 radical (unpaired) electrons. The number of carbonyl (C=O) groups excluding carboxylic acids is 1. The van der Waals surface area contributed by atoms with Gasteiger partial charge in [-0.2, -0.15) is 0 Å². The molecule has 190 valence electrons. The smallest absolute Gasteiger partial charge is 0.255 e. The number of anilines is 2. The first-order valence-electron chi connectivity index (χ1n) is 12.6. The van der Waals surface area contributed by atoms with Gasteiger partial charge in [-0.15, -0.1) is 0 Å². The number of piperazine rings is 1. The molecule has 0 saturated carbocycles. The Morgan fingerprint density at radius 3 is 2.47 bits per heavy atom. The van der Waals surface area contributed by atoms with Crippen LogP contribution >= 0.6 is 11.6 Å². The third kappa shape index (κ3) is 6.03. The normalized spacial score (nSPS) is 13.7. The third-order valence-corrected chi connectivity index (χ3v) is 7.04. The first-order valence-corrected chi connectivity index (χ1v) is 12.9. The van der Waals surface area contributed by atoms with E-state index in [1.165, 1.54) is 5.56 Å². The highest BCUT2D eigenvalue weighted by molar-refractivity contribution is 6.30. The summed E-state index contributed by atoms with van der Waals surface area (Å²) in [7, 11) is 0. The van der Waals surface area contributed by atoms with E-state index in [0.29, 0.717) is 16.9 Å². The van der Waals surface area contributed by atoms with Crippen LogP contribution in [-0.2, 0) is 6.54 Å². The van der Waals surface area contributed by atoms with Crippen molar-refractivity contribution in [2.75, 3.05) is 36.4 Å². The second-order valence-corrected chi connectivity index (χ2v) is 9.88. The maximum Gasteiger partial charge on any atom is 0.255 e. The number of halogens is 1. The number of nitrogens with zero attached hydrogens (tertiary/aromatic N) is 4.